The highest BCUT2D eigenvalue weighted by molar-refractivity contribution is 5.89. The highest BCUT2D eigenvalue weighted by atomic mass is 16.6. The first-order valence-electron chi connectivity index (χ1n) is 11.5. The SMILES string of the molecule is NCC(=O)OC(=O)[C@@H](N)Cc1ccccc1.N[C@@H](Cc1ccc(OC(=O)[C@@H]2CCCN2)cc1)C(=O)O. The molecule has 0 unspecified atom stereocenters. The molecular formula is C25H32N4O7. The van der Waals surface area contributed by atoms with Crippen molar-refractivity contribution in [2.45, 2.75) is 43.8 Å². The maximum Gasteiger partial charge on any atom is 0.330 e. The molecule has 1 heterocycles. The lowest BCUT2D eigenvalue weighted by Crippen LogP contribution is -2.36. The molecule has 2 aromatic carbocycles. The van der Waals surface area contributed by atoms with Gasteiger partial charge in [0.05, 0.1) is 6.54 Å². The molecule has 11 heteroatoms. The minimum absolute atomic E-state index is 0.227. The Morgan fingerprint density at radius 3 is 2.11 bits per heavy atom. The van der Waals surface area contributed by atoms with Crippen molar-refractivity contribution in [3.63, 3.8) is 0 Å². The van der Waals surface area contributed by atoms with Gasteiger partial charge in [0.1, 0.15) is 23.9 Å². The van der Waals surface area contributed by atoms with Crippen molar-refractivity contribution >= 4 is 23.9 Å². The summed E-state index contributed by atoms with van der Waals surface area (Å²) in [4.78, 5) is 44.5. The molecule has 0 aliphatic carbocycles. The van der Waals surface area contributed by atoms with Crippen molar-refractivity contribution < 1.29 is 33.8 Å². The van der Waals surface area contributed by atoms with Crippen molar-refractivity contribution in [1.29, 1.82) is 0 Å². The first kappa shape index (κ1) is 28.6. The van der Waals surface area contributed by atoms with E-state index in [1.807, 2.05) is 30.3 Å². The van der Waals surface area contributed by atoms with Crippen molar-refractivity contribution in [3.8, 4) is 5.75 Å². The van der Waals surface area contributed by atoms with Gasteiger partial charge in [0, 0.05) is 0 Å². The van der Waals surface area contributed by atoms with Crippen LogP contribution in [0.25, 0.3) is 0 Å². The Labute approximate surface area is 208 Å². The van der Waals surface area contributed by atoms with Gasteiger partial charge >= 0.3 is 23.9 Å². The molecule has 1 aliphatic rings. The normalized spacial score (nSPS) is 16.1. The van der Waals surface area contributed by atoms with E-state index in [1.54, 1.807) is 24.3 Å². The molecule has 3 rings (SSSR count). The predicted octanol–water partition coefficient (Wildman–Crippen LogP) is -0.117. The number of carbonyl (C=O) groups is 4. The third kappa shape index (κ3) is 9.92. The molecular weight excluding hydrogens is 468 g/mol. The van der Waals surface area contributed by atoms with Gasteiger partial charge in [-0.1, -0.05) is 42.5 Å². The third-order valence-corrected chi connectivity index (χ3v) is 5.24. The van der Waals surface area contributed by atoms with E-state index < -0.39 is 30.0 Å². The Morgan fingerprint density at radius 1 is 0.944 bits per heavy atom. The highest BCUT2D eigenvalue weighted by Gasteiger charge is 2.24. The van der Waals surface area contributed by atoms with Gasteiger partial charge in [-0.25, -0.2) is 9.59 Å². The summed E-state index contributed by atoms with van der Waals surface area (Å²) in [5.74, 6) is -2.38. The zero-order valence-corrected chi connectivity index (χ0v) is 19.8. The van der Waals surface area contributed by atoms with E-state index >= 15 is 0 Å². The monoisotopic (exact) mass is 500 g/mol. The molecule has 11 nitrogen and oxygen atoms in total. The van der Waals surface area contributed by atoms with Crippen molar-refractivity contribution in [2.24, 2.45) is 17.2 Å². The third-order valence-electron chi connectivity index (χ3n) is 5.24. The van der Waals surface area contributed by atoms with Crippen LogP contribution in [-0.4, -0.2) is 60.2 Å². The van der Waals surface area contributed by atoms with Crippen LogP contribution in [0, 0.1) is 0 Å². The molecule has 3 atom stereocenters. The number of esters is 3. The largest absolute Gasteiger partial charge is 0.480 e. The Balaban J connectivity index is 0.000000261. The van der Waals surface area contributed by atoms with Gasteiger partial charge in [-0.15, -0.1) is 0 Å². The second-order valence-electron chi connectivity index (χ2n) is 8.16. The number of carboxylic acid groups (broad SMARTS) is 1. The molecule has 0 spiro atoms. The van der Waals surface area contributed by atoms with Crippen LogP contribution >= 0.6 is 0 Å². The van der Waals surface area contributed by atoms with Gasteiger partial charge in [0.15, 0.2) is 0 Å². The topological polar surface area (TPSA) is 197 Å². The van der Waals surface area contributed by atoms with Crippen LogP contribution in [0.1, 0.15) is 24.0 Å². The van der Waals surface area contributed by atoms with E-state index in [4.69, 9.17) is 27.0 Å². The number of ether oxygens (including phenoxy) is 2. The number of aliphatic carboxylic acids is 1. The Bertz CT molecular complexity index is 1010. The molecule has 1 aliphatic heterocycles. The van der Waals surface area contributed by atoms with Crippen molar-refractivity contribution in [3.05, 3.63) is 65.7 Å². The van der Waals surface area contributed by atoms with Gasteiger partial charge in [-0.05, 0) is 55.5 Å². The summed E-state index contributed by atoms with van der Waals surface area (Å²) in [6.07, 6.45) is 2.35. The maximum atomic E-state index is 11.8. The van der Waals surface area contributed by atoms with Gasteiger partial charge in [0.25, 0.3) is 0 Å². The number of nitrogens with two attached hydrogens (primary N) is 3. The van der Waals surface area contributed by atoms with Crippen LogP contribution in [0.3, 0.4) is 0 Å². The highest BCUT2D eigenvalue weighted by Crippen LogP contribution is 2.16. The average Bonchev–Trinajstić information content (AvgIpc) is 3.41. The summed E-state index contributed by atoms with van der Waals surface area (Å²) in [7, 11) is 0. The van der Waals surface area contributed by atoms with Crippen LogP contribution in [0.5, 0.6) is 5.75 Å². The number of benzene rings is 2. The summed E-state index contributed by atoms with van der Waals surface area (Å²) in [5.41, 5.74) is 17.7. The van der Waals surface area contributed by atoms with Crippen LogP contribution in [-0.2, 0) is 36.8 Å². The van der Waals surface area contributed by atoms with Crippen LogP contribution < -0.4 is 27.3 Å². The molecule has 1 fully saturated rings. The number of hydrogen-bond acceptors (Lipinski definition) is 10. The van der Waals surface area contributed by atoms with E-state index in [2.05, 4.69) is 10.1 Å². The van der Waals surface area contributed by atoms with E-state index in [-0.39, 0.29) is 25.0 Å². The molecule has 0 radical (unpaired) electrons. The van der Waals surface area contributed by atoms with Gasteiger partial charge < -0.3 is 37.1 Å². The number of carbonyl (C=O) groups excluding carboxylic acids is 3. The fourth-order valence-corrected chi connectivity index (χ4v) is 3.29. The molecule has 36 heavy (non-hydrogen) atoms. The van der Waals surface area contributed by atoms with Gasteiger partial charge in [-0.2, -0.15) is 0 Å². The lowest BCUT2D eigenvalue weighted by molar-refractivity contribution is -0.159. The van der Waals surface area contributed by atoms with E-state index in [0.717, 1.165) is 30.5 Å². The molecule has 0 aromatic heterocycles. The summed E-state index contributed by atoms with van der Waals surface area (Å²) >= 11 is 0. The Kier molecular flexibility index (Phi) is 11.7. The molecule has 0 saturated carbocycles. The first-order valence-corrected chi connectivity index (χ1v) is 11.5. The minimum Gasteiger partial charge on any atom is -0.480 e. The molecule has 0 bridgehead atoms. The number of carboxylic acids is 1. The fraction of sp³-hybridized carbons (Fsp3) is 0.360. The lowest BCUT2D eigenvalue weighted by Gasteiger charge is -2.11. The minimum atomic E-state index is -1.03. The average molecular weight is 501 g/mol. The molecule has 0 amide bonds. The molecule has 194 valence electrons. The zero-order chi connectivity index (χ0) is 26.5. The second kappa shape index (κ2) is 14.7. The first-order chi connectivity index (χ1) is 17.2. The Morgan fingerprint density at radius 2 is 1.56 bits per heavy atom. The molecule has 2 aromatic rings. The Hall–Kier alpha value is -3.64. The van der Waals surface area contributed by atoms with Crippen LogP contribution in [0.15, 0.2) is 54.6 Å². The standard InChI is InChI=1S/C14H18N2O4.C11H14N2O3/c15-11(13(17)18)8-9-3-5-10(6-4-9)20-14(19)12-2-1-7-16-12;12-7-10(14)16-11(15)9(13)6-8-4-2-1-3-5-8/h3-6,11-12,16H,1-2,7-8,15H2,(H,17,18);1-5,9H,6-7,12-13H2/t11-,12-;9-/m00/s1. The summed E-state index contributed by atoms with van der Waals surface area (Å²) < 4.78 is 9.66. The van der Waals surface area contributed by atoms with Gasteiger partial charge in [-0.3, -0.25) is 9.59 Å². The zero-order valence-electron chi connectivity index (χ0n) is 19.8. The smallest absolute Gasteiger partial charge is 0.330 e. The predicted molar refractivity (Wildman–Crippen MR) is 131 cm³/mol. The van der Waals surface area contributed by atoms with Crippen LogP contribution in [0.4, 0.5) is 0 Å². The number of hydrogen-bond donors (Lipinski definition) is 5. The lowest BCUT2D eigenvalue weighted by atomic mass is 10.1. The van der Waals surface area contributed by atoms with E-state index in [1.165, 1.54) is 0 Å². The fourth-order valence-electron chi connectivity index (χ4n) is 3.29. The number of nitrogens with one attached hydrogen (secondary N) is 1. The van der Waals surface area contributed by atoms with Gasteiger partial charge in [0.2, 0.25) is 0 Å². The summed E-state index contributed by atoms with van der Waals surface area (Å²) in [5, 5.41) is 11.8. The molecule has 1 saturated heterocycles. The van der Waals surface area contributed by atoms with Crippen molar-refractivity contribution in [1.82, 2.24) is 5.32 Å². The van der Waals surface area contributed by atoms with E-state index in [9.17, 15) is 19.2 Å². The quantitative estimate of drug-likeness (QED) is 0.175. The summed E-state index contributed by atoms with van der Waals surface area (Å²) in [6.45, 7) is 0.510. The van der Waals surface area contributed by atoms with Crippen molar-refractivity contribution in [2.75, 3.05) is 13.1 Å². The van der Waals surface area contributed by atoms with Crippen LogP contribution in [0.2, 0.25) is 0 Å². The van der Waals surface area contributed by atoms with E-state index in [0.29, 0.717) is 12.2 Å². The molecule has 8 N–H and O–H groups in total. The number of rotatable bonds is 9. The maximum absolute atomic E-state index is 11.8. The summed E-state index contributed by atoms with van der Waals surface area (Å²) in [6, 6.07) is 14.0. The second-order valence-corrected chi connectivity index (χ2v) is 8.16.